The van der Waals surface area contributed by atoms with E-state index in [0.29, 0.717) is 30.3 Å². The first-order valence-electron chi connectivity index (χ1n) is 9.18. The van der Waals surface area contributed by atoms with Gasteiger partial charge in [0.05, 0.1) is 6.54 Å². The quantitative estimate of drug-likeness (QED) is 0.386. The largest absolute Gasteiger partial charge is 0.354 e. The summed E-state index contributed by atoms with van der Waals surface area (Å²) in [6.07, 6.45) is 2.19. The highest BCUT2D eigenvalue weighted by molar-refractivity contribution is 14.0. The van der Waals surface area contributed by atoms with Gasteiger partial charge in [-0.25, -0.2) is 0 Å². The van der Waals surface area contributed by atoms with Gasteiger partial charge in [0.25, 0.3) is 0 Å². The number of likely N-dealkylation sites (tertiary alicyclic amines) is 1. The number of nitrogens with zero attached hydrogens (tertiary/aromatic N) is 4. The van der Waals surface area contributed by atoms with E-state index in [1.165, 1.54) is 5.56 Å². The molecular formula is C19H29IN6O. The Morgan fingerprint density at radius 3 is 2.74 bits per heavy atom. The fourth-order valence-corrected chi connectivity index (χ4v) is 3.37. The second-order valence-electron chi connectivity index (χ2n) is 6.83. The number of nitrogens with one attached hydrogen (secondary N) is 2. The summed E-state index contributed by atoms with van der Waals surface area (Å²) in [7, 11) is 1.78. The Morgan fingerprint density at radius 1 is 1.33 bits per heavy atom. The molecule has 1 saturated heterocycles. The van der Waals surface area contributed by atoms with Crippen molar-refractivity contribution in [2.45, 2.75) is 51.9 Å². The molecule has 0 spiro atoms. The van der Waals surface area contributed by atoms with Crippen molar-refractivity contribution < 1.29 is 4.52 Å². The number of aliphatic imine (C=N–C) groups is 1. The molecule has 1 aromatic heterocycles. The van der Waals surface area contributed by atoms with Gasteiger partial charge in [-0.15, -0.1) is 24.0 Å². The molecule has 7 nitrogen and oxygen atoms in total. The van der Waals surface area contributed by atoms with E-state index in [1.807, 2.05) is 0 Å². The van der Waals surface area contributed by atoms with Crippen molar-refractivity contribution in [1.29, 1.82) is 0 Å². The van der Waals surface area contributed by atoms with Crippen LogP contribution in [0.5, 0.6) is 0 Å². The smallest absolute Gasteiger partial charge is 0.223 e. The van der Waals surface area contributed by atoms with Gasteiger partial charge in [-0.2, -0.15) is 4.98 Å². The van der Waals surface area contributed by atoms with Gasteiger partial charge in [0.2, 0.25) is 5.89 Å². The maximum atomic E-state index is 4.99. The van der Waals surface area contributed by atoms with Crippen LogP contribution in [0.25, 0.3) is 0 Å². The second kappa shape index (κ2) is 10.6. The van der Waals surface area contributed by atoms with E-state index in [1.54, 1.807) is 14.0 Å². The molecule has 0 radical (unpaired) electrons. The first-order chi connectivity index (χ1) is 12.6. The summed E-state index contributed by atoms with van der Waals surface area (Å²) >= 11 is 0. The maximum Gasteiger partial charge on any atom is 0.223 e. The van der Waals surface area contributed by atoms with Crippen LogP contribution in [0.2, 0.25) is 0 Å². The number of aromatic nitrogens is 2. The minimum Gasteiger partial charge on any atom is -0.354 e. The van der Waals surface area contributed by atoms with Gasteiger partial charge < -0.3 is 15.2 Å². The van der Waals surface area contributed by atoms with Crippen molar-refractivity contribution in [1.82, 2.24) is 25.7 Å². The Kier molecular flexibility index (Phi) is 8.49. The normalized spacial score (nSPS) is 20.8. The molecule has 0 saturated carbocycles. The average molecular weight is 484 g/mol. The molecule has 3 rings (SSSR count). The molecule has 1 fully saturated rings. The van der Waals surface area contributed by atoms with Crippen LogP contribution in [-0.4, -0.2) is 46.7 Å². The topological polar surface area (TPSA) is 78.6 Å². The highest BCUT2D eigenvalue weighted by Crippen LogP contribution is 2.19. The standard InChI is InChI=1S/C19H28N6O.HI/c1-14-11-17(9-10-25(14)13-16-7-5-4-6-8-16)23-19(20-3)21-12-18-22-15(2)26-24-18;/h4-8,14,17H,9-13H2,1-3H3,(H2,20,21,23);1H. The molecule has 0 aliphatic carbocycles. The lowest BCUT2D eigenvalue weighted by Gasteiger charge is -2.38. The Bertz CT molecular complexity index is 720. The summed E-state index contributed by atoms with van der Waals surface area (Å²) in [5.74, 6) is 1.99. The monoisotopic (exact) mass is 484 g/mol. The number of hydrogen-bond acceptors (Lipinski definition) is 5. The van der Waals surface area contributed by atoms with Gasteiger partial charge in [0, 0.05) is 39.1 Å². The van der Waals surface area contributed by atoms with Gasteiger partial charge in [-0.1, -0.05) is 35.5 Å². The molecule has 0 bridgehead atoms. The summed E-state index contributed by atoms with van der Waals surface area (Å²) < 4.78 is 4.99. The summed E-state index contributed by atoms with van der Waals surface area (Å²) in [6.45, 7) is 6.68. The number of halogens is 1. The SMILES string of the molecule is CN=C(NCc1noc(C)n1)NC1CCN(Cc2ccccc2)C(C)C1.I. The molecule has 2 atom stereocenters. The zero-order valence-corrected chi connectivity index (χ0v) is 18.5. The first-order valence-corrected chi connectivity index (χ1v) is 9.18. The summed E-state index contributed by atoms with van der Waals surface area (Å²) in [5.41, 5.74) is 1.37. The van der Waals surface area contributed by atoms with Crippen molar-refractivity contribution in [2.75, 3.05) is 13.6 Å². The van der Waals surface area contributed by atoms with Crippen molar-refractivity contribution in [2.24, 2.45) is 4.99 Å². The molecule has 1 aliphatic rings. The van der Waals surface area contributed by atoms with Crippen LogP contribution in [0.1, 0.15) is 37.0 Å². The van der Waals surface area contributed by atoms with E-state index in [4.69, 9.17) is 4.52 Å². The summed E-state index contributed by atoms with van der Waals surface area (Å²) in [4.78, 5) is 11.1. The molecule has 2 unspecified atom stereocenters. The zero-order valence-electron chi connectivity index (χ0n) is 16.2. The minimum absolute atomic E-state index is 0. The molecule has 8 heteroatoms. The Balaban J connectivity index is 0.00000261. The van der Waals surface area contributed by atoms with Crippen LogP contribution in [0.3, 0.4) is 0 Å². The van der Waals surface area contributed by atoms with Crippen LogP contribution in [-0.2, 0) is 13.1 Å². The minimum atomic E-state index is 0. The Hall–Kier alpha value is -1.68. The predicted molar refractivity (Wildman–Crippen MR) is 117 cm³/mol. The van der Waals surface area contributed by atoms with Gasteiger partial charge in [0.15, 0.2) is 11.8 Å². The van der Waals surface area contributed by atoms with Crippen LogP contribution in [0.4, 0.5) is 0 Å². The molecule has 27 heavy (non-hydrogen) atoms. The average Bonchev–Trinajstić information content (AvgIpc) is 3.07. The van der Waals surface area contributed by atoms with Gasteiger partial charge >= 0.3 is 0 Å². The van der Waals surface area contributed by atoms with Gasteiger partial charge in [0.1, 0.15) is 0 Å². The number of piperidine rings is 1. The number of rotatable bonds is 5. The lowest BCUT2D eigenvalue weighted by atomic mass is 9.97. The molecule has 148 valence electrons. The number of benzene rings is 1. The van der Waals surface area contributed by atoms with Crippen LogP contribution < -0.4 is 10.6 Å². The summed E-state index contributed by atoms with van der Waals surface area (Å²) in [6, 6.07) is 11.6. The third-order valence-corrected chi connectivity index (χ3v) is 4.79. The maximum absolute atomic E-state index is 4.99. The van der Waals surface area contributed by atoms with E-state index in [-0.39, 0.29) is 24.0 Å². The highest BCUT2D eigenvalue weighted by Gasteiger charge is 2.26. The zero-order chi connectivity index (χ0) is 18.4. The molecule has 1 aromatic carbocycles. The lowest BCUT2D eigenvalue weighted by molar-refractivity contribution is 0.134. The van der Waals surface area contributed by atoms with E-state index in [0.717, 1.165) is 31.9 Å². The van der Waals surface area contributed by atoms with Gasteiger partial charge in [-0.05, 0) is 25.3 Å². The molecule has 2 aromatic rings. The second-order valence-corrected chi connectivity index (χ2v) is 6.83. The lowest BCUT2D eigenvalue weighted by Crippen LogP contribution is -2.51. The number of aryl methyl sites for hydroxylation is 1. The third-order valence-electron chi connectivity index (χ3n) is 4.79. The molecule has 1 aliphatic heterocycles. The highest BCUT2D eigenvalue weighted by atomic mass is 127. The van der Waals surface area contributed by atoms with Crippen molar-refractivity contribution in [3.63, 3.8) is 0 Å². The van der Waals surface area contributed by atoms with E-state index in [2.05, 4.69) is 67.9 Å². The van der Waals surface area contributed by atoms with Crippen molar-refractivity contribution in [3.05, 3.63) is 47.6 Å². The molecule has 0 amide bonds. The molecular weight excluding hydrogens is 455 g/mol. The fraction of sp³-hybridized carbons (Fsp3) is 0.526. The first kappa shape index (κ1) is 21.6. The molecule has 2 N–H and O–H groups in total. The van der Waals surface area contributed by atoms with Crippen LogP contribution >= 0.6 is 24.0 Å². The fourth-order valence-electron chi connectivity index (χ4n) is 3.37. The van der Waals surface area contributed by atoms with Crippen molar-refractivity contribution >= 4 is 29.9 Å². The third kappa shape index (κ3) is 6.46. The number of guanidine groups is 1. The summed E-state index contributed by atoms with van der Waals surface area (Å²) in [5, 5.41) is 10.7. The van der Waals surface area contributed by atoms with Crippen LogP contribution in [0, 0.1) is 6.92 Å². The van der Waals surface area contributed by atoms with Gasteiger partial charge in [-0.3, -0.25) is 9.89 Å². The van der Waals surface area contributed by atoms with E-state index >= 15 is 0 Å². The van der Waals surface area contributed by atoms with E-state index < -0.39 is 0 Å². The molecule has 2 heterocycles. The van der Waals surface area contributed by atoms with Crippen molar-refractivity contribution in [3.8, 4) is 0 Å². The van der Waals surface area contributed by atoms with E-state index in [9.17, 15) is 0 Å². The predicted octanol–water partition coefficient (Wildman–Crippen LogP) is 2.71. The number of hydrogen-bond donors (Lipinski definition) is 2. The van der Waals surface area contributed by atoms with Crippen LogP contribution in [0.15, 0.2) is 39.8 Å². The Morgan fingerprint density at radius 2 is 2.11 bits per heavy atom. The Labute approximate surface area is 178 Å².